The van der Waals surface area contributed by atoms with Gasteiger partial charge in [-0.15, -0.1) is 0 Å². The summed E-state index contributed by atoms with van der Waals surface area (Å²) in [6.45, 7) is 5.17. The fourth-order valence-electron chi connectivity index (χ4n) is 2.82. The normalized spacial score (nSPS) is 27.1. The Morgan fingerprint density at radius 3 is 2.47 bits per heavy atom. The molecule has 0 aromatic rings. The van der Waals surface area contributed by atoms with Crippen LogP contribution < -0.4 is 5.73 Å². The van der Waals surface area contributed by atoms with Crippen LogP contribution in [0.25, 0.3) is 0 Å². The van der Waals surface area contributed by atoms with Gasteiger partial charge < -0.3 is 10.8 Å². The highest BCUT2D eigenvalue weighted by atomic mass is 16.4. The number of hydrogen-bond donors (Lipinski definition) is 2. The van der Waals surface area contributed by atoms with Crippen LogP contribution >= 0.6 is 0 Å². The van der Waals surface area contributed by atoms with Gasteiger partial charge >= 0.3 is 5.97 Å². The minimum Gasteiger partial charge on any atom is -0.481 e. The summed E-state index contributed by atoms with van der Waals surface area (Å²) in [4.78, 5) is 13.2. The van der Waals surface area contributed by atoms with Gasteiger partial charge in [0.1, 0.15) is 0 Å². The van der Waals surface area contributed by atoms with Crippen LogP contribution in [0.1, 0.15) is 52.4 Å². The van der Waals surface area contributed by atoms with Crippen LogP contribution in [0.2, 0.25) is 0 Å². The van der Waals surface area contributed by atoms with Crippen molar-refractivity contribution in [2.45, 2.75) is 70.5 Å². The summed E-state index contributed by atoms with van der Waals surface area (Å²) in [5.41, 5.74) is 5.92. The number of rotatable bonds is 6. The topological polar surface area (TPSA) is 66.6 Å². The zero-order valence-electron chi connectivity index (χ0n) is 11.1. The molecule has 1 fully saturated rings. The van der Waals surface area contributed by atoms with Crippen molar-refractivity contribution in [3.8, 4) is 0 Å². The molecule has 1 aliphatic carbocycles. The Morgan fingerprint density at radius 2 is 2.00 bits per heavy atom. The number of carbonyl (C=O) groups is 1. The van der Waals surface area contributed by atoms with Crippen molar-refractivity contribution in [2.75, 3.05) is 6.54 Å². The van der Waals surface area contributed by atoms with Crippen molar-refractivity contribution < 1.29 is 9.90 Å². The molecular weight excluding hydrogens is 216 g/mol. The summed E-state index contributed by atoms with van der Waals surface area (Å²) in [5.74, 6) is -0.703. The van der Waals surface area contributed by atoms with Crippen LogP contribution in [0.15, 0.2) is 0 Å². The third-order valence-electron chi connectivity index (χ3n) is 3.73. The van der Waals surface area contributed by atoms with Gasteiger partial charge in [0.15, 0.2) is 0 Å². The molecule has 1 rings (SSSR count). The van der Waals surface area contributed by atoms with E-state index in [4.69, 9.17) is 10.8 Å². The molecule has 0 saturated heterocycles. The van der Waals surface area contributed by atoms with Crippen LogP contribution in [0.5, 0.6) is 0 Å². The molecule has 0 amide bonds. The summed E-state index contributed by atoms with van der Waals surface area (Å²) >= 11 is 0. The van der Waals surface area contributed by atoms with Gasteiger partial charge in [-0.2, -0.15) is 0 Å². The molecule has 1 unspecified atom stereocenters. The number of carboxylic acids is 1. The standard InChI is InChI=1S/C13H26N2O2/c1-3-8-15(10(2)9-13(16)17)12-6-4-11(14)5-7-12/h10-12H,3-9,14H2,1-2H3,(H,16,17). The Hall–Kier alpha value is -0.610. The van der Waals surface area contributed by atoms with E-state index in [-0.39, 0.29) is 12.5 Å². The van der Waals surface area contributed by atoms with Gasteiger partial charge in [0.25, 0.3) is 0 Å². The molecule has 0 aromatic carbocycles. The molecule has 0 aromatic heterocycles. The van der Waals surface area contributed by atoms with Crippen molar-refractivity contribution in [1.29, 1.82) is 0 Å². The Balaban J connectivity index is 2.54. The van der Waals surface area contributed by atoms with E-state index in [1.807, 2.05) is 6.92 Å². The predicted molar refractivity (Wildman–Crippen MR) is 68.9 cm³/mol. The largest absolute Gasteiger partial charge is 0.481 e. The molecule has 0 heterocycles. The van der Waals surface area contributed by atoms with E-state index >= 15 is 0 Å². The number of nitrogens with zero attached hydrogens (tertiary/aromatic N) is 1. The summed E-state index contributed by atoms with van der Waals surface area (Å²) in [6, 6.07) is 1.01. The van der Waals surface area contributed by atoms with Crippen molar-refractivity contribution in [1.82, 2.24) is 4.90 Å². The lowest BCUT2D eigenvalue weighted by molar-refractivity contribution is -0.138. The molecule has 0 aliphatic heterocycles. The molecule has 1 atom stereocenters. The molecular formula is C13H26N2O2. The van der Waals surface area contributed by atoms with Crippen molar-refractivity contribution >= 4 is 5.97 Å². The van der Waals surface area contributed by atoms with Gasteiger partial charge in [-0.25, -0.2) is 0 Å². The van der Waals surface area contributed by atoms with E-state index in [0.29, 0.717) is 12.1 Å². The van der Waals surface area contributed by atoms with E-state index in [9.17, 15) is 4.79 Å². The first-order valence-corrected chi connectivity index (χ1v) is 6.77. The van der Waals surface area contributed by atoms with Crippen LogP contribution in [0.4, 0.5) is 0 Å². The van der Waals surface area contributed by atoms with E-state index in [0.717, 1.165) is 38.6 Å². The van der Waals surface area contributed by atoms with Crippen molar-refractivity contribution in [3.63, 3.8) is 0 Å². The highest BCUT2D eigenvalue weighted by Gasteiger charge is 2.27. The van der Waals surface area contributed by atoms with E-state index in [2.05, 4.69) is 11.8 Å². The lowest BCUT2D eigenvalue weighted by Crippen LogP contribution is -2.46. The molecule has 17 heavy (non-hydrogen) atoms. The molecule has 4 heteroatoms. The lowest BCUT2D eigenvalue weighted by Gasteiger charge is -2.39. The van der Waals surface area contributed by atoms with E-state index in [1.165, 1.54) is 0 Å². The fraction of sp³-hybridized carbons (Fsp3) is 0.923. The van der Waals surface area contributed by atoms with E-state index < -0.39 is 5.97 Å². The SMILES string of the molecule is CCCN(C(C)CC(=O)O)C1CCC(N)CC1. The minimum absolute atomic E-state index is 0.131. The lowest BCUT2D eigenvalue weighted by atomic mass is 9.89. The highest BCUT2D eigenvalue weighted by molar-refractivity contribution is 5.67. The summed E-state index contributed by atoms with van der Waals surface area (Å²) in [6.07, 6.45) is 5.70. The molecule has 3 N–H and O–H groups in total. The summed E-state index contributed by atoms with van der Waals surface area (Å²) in [5, 5.41) is 8.89. The average Bonchev–Trinajstić information content (AvgIpc) is 2.26. The molecule has 1 saturated carbocycles. The molecule has 0 radical (unpaired) electrons. The Bertz CT molecular complexity index is 238. The Kier molecular flexibility index (Phi) is 5.92. The number of carboxylic acid groups (broad SMARTS) is 1. The van der Waals surface area contributed by atoms with Gasteiger partial charge in [-0.3, -0.25) is 9.69 Å². The quantitative estimate of drug-likeness (QED) is 0.745. The van der Waals surface area contributed by atoms with Crippen molar-refractivity contribution in [2.24, 2.45) is 5.73 Å². The fourth-order valence-corrected chi connectivity index (χ4v) is 2.82. The summed E-state index contributed by atoms with van der Waals surface area (Å²) < 4.78 is 0. The van der Waals surface area contributed by atoms with Gasteiger partial charge in [-0.05, 0) is 45.6 Å². The number of nitrogens with two attached hydrogens (primary N) is 1. The predicted octanol–water partition coefficient (Wildman–Crippen LogP) is 1.83. The summed E-state index contributed by atoms with van der Waals surface area (Å²) in [7, 11) is 0. The van der Waals surface area contributed by atoms with Gasteiger partial charge in [-0.1, -0.05) is 6.92 Å². The maximum atomic E-state index is 10.8. The molecule has 100 valence electrons. The Morgan fingerprint density at radius 1 is 1.41 bits per heavy atom. The van der Waals surface area contributed by atoms with Gasteiger partial charge in [0.05, 0.1) is 6.42 Å². The van der Waals surface area contributed by atoms with Crippen LogP contribution in [0, 0.1) is 0 Å². The second kappa shape index (κ2) is 6.97. The zero-order chi connectivity index (χ0) is 12.8. The first-order chi connectivity index (χ1) is 8.04. The van der Waals surface area contributed by atoms with Crippen LogP contribution in [0.3, 0.4) is 0 Å². The third kappa shape index (κ3) is 4.64. The van der Waals surface area contributed by atoms with Crippen LogP contribution in [-0.4, -0.2) is 40.6 Å². The minimum atomic E-state index is -0.703. The Labute approximate surface area is 104 Å². The van der Waals surface area contributed by atoms with E-state index in [1.54, 1.807) is 0 Å². The van der Waals surface area contributed by atoms with Crippen molar-refractivity contribution in [3.05, 3.63) is 0 Å². The first kappa shape index (κ1) is 14.5. The molecule has 1 aliphatic rings. The number of hydrogen-bond acceptors (Lipinski definition) is 3. The highest BCUT2D eigenvalue weighted by Crippen LogP contribution is 2.24. The second-order valence-electron chi connectivity index (χ2n) is 5.25. The maximum absolute atomic E-state index is 10.8. The number of aliphatic carboxylic acids is 1. The molecule has 0 spiro atoms. The third-order valence-corrected chi connectivity index (χ3v) is 3.73. The molecule has 0 bridgehead atoms. The first-order valence-electron chi connectivity index (χ1n) is 6.77. The smallest absolute Gasteiger partial charge is 0.304 e. The van der Waals surface area contributed by atoms with Gasteiger partial charge in [0.2, 0.25) is 0 Å². The monoisotopic (exact) mass is 242 g/mol. The molecule has 4 nitrogen and oxygen atoms in total. The average molecular weight is 242 g/mol. The van der Waals surface area contributed by atoms with Crippen LogP contribution in [-0.2, 0) is 4.79 Å². The van der Waals surface area contributed by atoms with Gasteiger partial charge in [0, 0.05) is 18.1 Å². The zero-order valence-corrected chi connectivity index (χ0v) is 11.1. The second-order valence-corrected chi connectivity index (χ2v) is 5.25. The maximum Gasteiger partial charge on any atom is 0.304 e.